The Morgan fingerprint density at radius 2 is 1.84 bits per heavy atom. The fraction of sp³-hybridized carbons (Fsp3) is 0.433. The molecule has 7 nitrogen and oxygen atoms in total. The molecule has 37 heavy (non-hydrogen) atoms. The highest BCUT2D eigenvalue weighted by Gasteiger charge is 2.45. The van der Waals surface area contributed by atoms with Crippen LogP contribution in [-0.4, -0.2) is 55.5 Å². The maximum Gasteiger partial charge on any atom is 0.338 e. The molecule has 0 spiro atoms. The Bertz CT molecular complexity index is 1030. The van der Waals surface area contributed by atoms with Crippen molar-refractivity contribution in [2.45, 2.75) is 64.3 Å². The number of rotatable bonds is 13. The van der Waals surface area contributed by atoms with Crippen molar-refractivity contribution in [1.29, 1.82) is 0 Å². The van der Waals surface area contributed by atoms with Crippen LogP contribution in [0.15, 0.2) is 78.4 Å². The van der Waals surface area contributed by atoms with Gasteiger partial charge in [0, 0.05) is 6.61 Å². The van der Waals surface area contributed by atoms with Crippen LogP contribution in [0.4, 0.5) is 0 Å². The second-order valence-electron chi connectivity index (χ2n) is 9.43. The van der Waals surface area contributed by atoms with Gasteiger partial charge in [0.25, 0.3) is 0 Å². The summed E-state index contributed by atoms with van der Waals surface area (Å²) in [5, 5.41) is 9.13. The lowest BCUT2D eigenvalue weighted by atomic mass is 10.0. The molecule has 1 N–H and O–H groups in total. The normalized spacial score (nSPS) is 20.2. The first-order valence-electron chi connectivity index (χ1n) is 12.6. The Kier molecular flexibility index (Phi) is 10.9. The smallest absolute Gasteiger partial charge is 0.338 e. The summed E-state index contributed by atoms with van der Waals surface area (Å²) >= 11 is 0. The Balaban J connectivity index is 1.68. The first-order chi connectivity index (χ1) is 17.8. The van der Waals surface area contributed by atoms with Crippen LogP contribution in [0.5, 0.6) is 5.75 Å². The summed E-state index contributed by atoms with van der Waals surface area (Å²) in [5.41, 5.74) is 2.53. The Morgan fingerprint density at radius 3 is 2.51 bits per heavy atom. The van der Waals surface area contributed by atoms with E-state index < -0.39 is 24.0 Å². The average molecular weight is 511 g/mol. The fourth-order valence-electron chi connectivity index (χ4n) is 4.09. The highest BCUT2D eigenvalue weighted by atomic mass is 16.8. The number of hydrogen-bond donors (Lipinski definition) is 1. The molecule has 0 unspecified atom stereocenters. The van der Waals surface area contributed by atoms with Gasteiger partial charge >= 0.3 is 5.97 Å². The minimum Gasteiger partial charge on any atom is -0.497 e. The van der Waals surface area contributed by atoms with Crippen LogP contribution in [-0.2, 0) is 25.6 Å². The summed E-state index contributed by atoms with van der Waals surface area (Å²) in [6, 6.07) is 16.6. The molecule has 0 amide bonds. The van der Waals surface area contributed by atoms with Crippen molar-refractivity contribution in [2.75, 3.05) is 20.3 Å². The number of allylic oxidation sites excluding steroid dienone is 2. The van der Waals surface area contributed by atoms with Gasteiger partial charge in [-0.1, -0.05) is 48.1 Å². The van der Waals surface area contributed by atoms with Crippen molar-refractivity contribution in [3.63, 3.8) is 0 Å². The topological polar surface area (TPSA) is 83.5 Å². The van der Waals surface area contributed by atoms with Crippen molar-refractivity contribution in [3.05, 3.63) is 89.5 Å². The Hall–Kier alpha value is -2.97. The summed E-state index contributed by atoms with van der Waals surface area (Å²) < 4.78 is 29.5. The van der Waals surface area contributed by atoms with Crippen LogP contribution in [0.1, 0.15) is 49.5 Å². The molecule has 1 aliphatic rings. The van der Waals surface area contributed by atoms with Crippen LogP contribution in [0.2, 0.25) is 0 Å². The van der Waals surface area contributed by atoms with E-state index in [0.717, 1.165) is 16.9 Å². The van der Waals surface area contributed by atoms with E-state index in [1.54, 1.807) is 37.5 Å². The van der Waals surface area contributed by atoms with Crippen molar-refractivity contribution in [1.82, 2.24) is 0 Å². The van der Waals surface area contributed by atoms with Gasteiger partial charge in [-0.15, -0.1) is 0 Å². The highest BCUT2D eigenvalue weighted by Crippen LogP contribution is 2.33. The first-order valence-corrected chi connectivity index (χ1v) is 12.6. The predicted molar refractivity (Wildman–Crippen MR) is 141 cm³/mol. The molecule has 0 radical (unpaired) electrons. The monoisotopic (exact) mass is 510 g/mol. The second-order valence-corrected chi connectivity index (χ2v) is 9.43. The van der Waals surface area contributed by atoms with E-state index in [4.69, 9.17) is 28.8 Å². The van der Waals surface area contributed by atoms with E-state index in [1.165, 1.54) is 0 Å². The molecule has 0 aromatic heterocycles. The third-order valence-electron chi connectivity index (χ3n) is 5.98. The van der Waals surface area contributed by atoms with E-state index >= 15 is 0 Å². The van der Waals surface area contributed by atoms with Gasteiger partial charge in [0.2, 0.25) is 0 Å². The highest BCUT2D eigenvalue weighted by molar-refractivity contribution is 5.89. The van der Waals surface area contributed by atoms with E-state index in [2.05, 4.69) is 0 Å². The molecule has 3 atom stereocenters. The van der Waals surface area contributed by atoms with Crippen molar-refractivity contribution < 1.29 is 33.6 Å². The van der Waals surface area contributed by atoms with Gasteiger partial charge in [0.1, 0.15) is 18.0 Å². The van der Waals surface area contributed by atoms with Gasteiger partial charge in [0.05, 0.1) is 32.0 Å². The minimum absolute atomic E-state index is 0.0154. The molecule has 0 aliphatic carbocycles. The molecule has 2 aromatic carbocycles. The van der Waals surface area contributed by atoms with Crippen molar-refractivity contribution >= 4 is 5.97 Å². The number of ether oxygens (including phenoxy) is 5. The first kappa shape index (κ1) is 28.6. The van der Waals surface area contributed by atoms with Crippen LogP contribution in [0.3, 0.4) is 0 Å². The lowest BCUT2D eigenvalue weighted by molar-refractivity contribution is -0.153. The van der Waals surface area contributed by atoms with Gasteiger partial charge in [0.15, 0.2) is 5.79 Å². The number of aliphatic hydroxyl groups excluding tert-OH is 1. The minimum atomic E-state index is -0.830. The van der Waals surface area contributed by atoms with Crippen LogP contribution in [0.25, 0.3) is 0 Å². The number of esters is 1. The average Bonchev–Trinajstić information content (AvgIpc) is 3.21. The third kappa shape index (κ3) is 9.13. The number of benzene rings is 2. The zero-order valence-electron chi connectivity index (χ0n) is 22.1. The van der Waals surface area contributed by atoms with E-state index in [1.807, 2.05) is 63.3 Å². The SMILES string of the molecule is COc1ccc(COCC[C@@H]2OC(C)(C)O[C@H]2[C@H](/C=C/C/C(C)=C\CO)OC(=O)c2ccccc2)cc1. The fourth-order valence-corrected chi connectivity index (χ4v) is 4.09. The third-order valence-corrected chi connectivity index (χ3v) is 5.98. The quantitative estimate of drug-likeness (QED) is 0.224. The number of methoxy groups -OCH3 is 1. The number of carbonyl (C=O) groups is 1. The summed E-state index contributed by atoms with van der Waals surface area (Å²) in [6.07, 6.45) is 5.20. The molecule has 0 bridgehead atoms. The van der Waals surface area contributed by atoms with Gasteiger partial charge in [-0.25, -0.2) is 4.79 Å². The molecule has 3 rings (SSSR count). The van der Waals surface area contributed by atoms with Crippen LogP contribution < -0.4 is 4.74 Å². The Labute approximate surface area is 219 Å². The molecule has 2 aromatic rings. The number of aliphatic hydroxyl groups is 1. The zero-order valence-corrected chi connectivity index (χ0v) is 22.1. The standard InChI is InChI=1S/C30H38O7/c1-22(17-19-31)9-8-12-26(35-29(32)24-10-6-5-7-11-24)28-27(36-30(2,3)37-28)18-20-34-21-23-13-15-25(33-4)16-14-23/h5-8,10-17,26-28,31H,9,18-21H2,1-4H3/b12-8+,22-17-/t26-,27-,28-/m0/s1. The van der Waals surface area contributed by atoms with Gasteiger partial charge in [-0.3, -0.25) is 0 Å². The summed E-state index contributed by atoms with van der Waals surface area (Å²) in [4.78, 5) is 12.9. The molecular weight excluding hydrogens is 472 g/mol. The van der Waals surface area contributed by atoms with Gasteiger partial charge in [-0.2, -0.15) is 0 Å². The largest absolute Gasteiger partial charge is 0.497 e. The van der Waals surface area contributed by atoms with Crippen molar-refractivity contribution in [3.8, 4) is 5.75 Å². The summed E-state index contributed by atoms with van der Waals surface area (Å²) in [5.74, 6) is -0.458. The second kappa shape index (κ2) is 14.1. The van der Waals surface area contributed by atoms with Gasteiger partial charge in [-0.05, 0) is 69.5 Å². The molecule has 1 fully saturated rings. The lowest BCUT2D eigenvalue weighted by Crippen LogP contribution is -2.38. The molecule has 0 saturated carbocycles. The molecule has 7 heteroatoms. The van der Waals surface area contributed by atoms with Crippen LogP contribution >= 0.6 is 0 Å². The lowest BCUT2D eigenvalue weighted by Gasteiger charge is -2.24. The van der Waals surface area contributed by atoms with E-state index in [-0.39, 0.29) is 12.7 Å². The zero-order chi connectivity index (χ0) is 26.7. The number of hydrogen-bond acceptors (Lipinski definition) is 7. The van der Waals surface area contributed by atoms with Crippen LogP contribution in [0, 0.1) is 0 Å². The maximum absolute atomic E-state index is 12.9. The Morgan fingerprint density at radius 1 is 1.11 bits per heavy atom. The predicted octanol–water partition coefficient (Wildman–Crippen LogP) is 5.23. The molecule has 1 aliphatic heterocycles. The molecular formula is C30H38O7. The summed E-state index contributed by atoms with van der Waals surface area (Å²) in [7, 11) is 1.64. The molecule has 200 valence electrons. The maximum atomic E-state index is 12.9. The van der Waals surface area contributed by atoms with Gasteiger partial charge < -0.3 is 28.8 Å². The van der Waals surface area contributed by atoms with E-state index in [0.29, 0.717) is 31.6 Å². The molecule has 1 saturated heterocycles. The molecule has 1 heterocycles. The van der Waals surface area contributed by atoms with E-state index in [9.17, 15) is 4.79 Å². The number of carbonyl (C=O) groups excluding carboxylic acids is 1. The van der Waals surface area contributed by atoms with Crippen molar-refractivity contribution in [2.24, 2.45) is 0 Å². The summed E-state index contributed by atoms with van der Waals surface area (Å²) in [6.45, 7) is 6.55.